The summed E-state index contributed by atoms with van der Waals surface area (Å²) in [5.74, 6) is 0.634. The number of halogens is 1. The van der Waals surface area contributed by atoms with Gasteiger partial charge in [-0.05, 0) is 49.6 Å². The van der Waals surface area contributed by atoms with Crippen molar-refractivity contribution >= 4 is 17.3 Å². The molecule has 0 radical (unpaired) electrons. The van der Waals surface area contributed by atoms with Crippen LogP contribution in [0.1, 0.15) is 32.8 Å². The van der Waals surface area contributed by atoms with Crippen molar-refractivity contribution in [2.75, 3.05) is 31.1 Å². The van der Waals surface area contributed by atoms with Crippen LogP contribution in [0.4, 0.5) is 5.69 Å². The summed E-state index contributed by atoms with van der Waals surface area (Å²) in [4.78, 5) is 2.29. The molecule has 1 aromatic rings. The summed E-state index contributed by atoms with van der Waals surface area (Å²) in [5.41, 5.74) is 2.43. The molecule has 3 nitrogen and oxygen atoms in total. The monoisotopic (exact) mass is 298 g/mol. The SMILES string of the molecule is CCN(CCCO)c1ccc(Cl)cc1CNCC(C)C. The number of nitrogens with zero attached hydrogens (tertiary/aromatic N) is 1. The van der Waals surface area contributed by atoms with E-state index < -0.39 is 0 Å². The maximum absolute atomic E-state index is 9.01. The van der Waals surface area contributed by atoms with E-state index in [1.807, 2.05) is 12.1 Å². The summed E-state index contributed by atoms with van der Waals surface area (Å²) < 4.78 is 0. The summed E-state index contributed by atoms with van der Waals surface area (Å²) in [6.07, 6.45) is 0.787. The molecule has 0 bridgehead atoms. The third kappa shape index (κ3) is 5.70. The fraction of sp³-hybridized carbons (Fsp3) is 0.625. The lowest BCUT2D eigenvalue weighted by Gasteiger charge is -2.26. The van der Waals surface area contributed by atoms with E-state index in [0.29, 0.717) is 5.92 Å². The van der Waals surface area contributed by atoms with Gasteiger partial charge in [0.25, 0.3) is 0 Å². The van der Waals surface area contributed by atoms with Gasteiger partial charge in [-0.25, -0.2) is 0 Å². The van der Waals surface area contributed by atoms with Crippen molar-refractivity contribution in [3.8, 4) is 0 Å². The Morgan fingerprint density at radius 1 is 1.35 bits per heavy atom. The highest BCUT2D eigenvalue weighted by molar-refractivity contribution is 6.30. The number of rotatable bonds is 9. The Morgan fingerprint density at radius 3 is 2.70 bits per heavy atom. The number of hydrogen-bond donors (Lipinski definition) is 2. The number of hydrogen-bond acceptors (Lipinski definition) is 3. The number of nitrogens with one attached hydrogen (secondary N) is 1. The number of anilines is 1. The quantitative estimate of drug-likeness (QED) is 0.734. The van der Waals surface area contributed by atoms with Crippen LogP contribution in [0.5, 0.6) is 0 Å². The van der Waals surface area contributed by atoms with E-state index >= 15 is 0 Å². The van der Waals surface area contributed by atoms with Crippen LogP contribution in [-0.2, 0) is 6.54 Å². The molecule has 0 aliphatic rings. The van der Waals surface area contributed by atoms with Gasteiger partial charge < -0.3 is 15.3 Å². The second-order valence-corrected chi connectivity index (χ2v) is 5.89. The Balaban J connectivity index is 2.81. The van der Waals surface area contributed by atoms with Crippen LogP contribution in [0.25, 0.3) is 0 Å². The smallest absolute Gasteiger partial charge is 0.0447 e. The molecule has 0 fully saturated rings. The third-order valence-corrected chi connectivity index (χ3v) is 3.45. The molecular formula is C16H27ClN2O. The second kappa shape index (κ2) is 9.22. The first-order valence-electron chi connectivity index (χ1n) is 7.43. The Kier molecular flexibility index (Phi) is 7.97. The van der Waals surface area contributed by atoms with Gasteiger partial charge in [-0.15, -0.1) is 0 Å². The minimum Gasteiger partial charge on any atom is -0.396 e. The van der Waals surface area contributed by atoms with Crippen LogP contribution in [-0.4, -0.2) is 31.3 Å². The van der Waals surface area contributed by atoms with Crippen LogP contribution in [0, 0.1) is 5.92 Å². The van der Waals surface area contributed by atoms with Crippen LogP contribution in [0.15, 0.2) is 18.2 Å². The topological polar surface area (TPSA) is 35.5 Å². The van der Waals surface area contributed by atoms with Crippen molar-refractivity contribution in [3.63, 3.8) is 0 Å². The number of benzene rings is 1. The van der Waals surface area contributed by atoms with Gasteiger partial charge in [-0.3, -0.25) is 0 Å². The second-order valence-electron chi connectivity index (χ2n) is 5.45. The van der Waals surface area contributed by atoms with Crippen molar-refractivity contribution in [1.82, 2.24) is 5.32 Å². The first-order chi connectivity index (χ1) is 9.58. The van der Waals surface area contributed by atoms with E-state index in [9.17, 15) is 0 Å². The van der Waals surface area contributed by atoms with Crippen molar-refractivity contribution < 1.29 is 5.11 Å². The predicted molar refractivity (Wildman–Crippen MR) is 87.6 cm³/mol. The standard InChI is InChI=1S/C16H27ClN2O/c1-4-19(8-5-9-20)16-7-6-15(17)10-14(16)12-18-11-13(2)3/h6-7,10,13,18,20H,4-5,8-9,11-12H2,1-3H3. The van der Waals surface area contributed by atoms with E-state index in [4.69, 9.17) is 16.7 Å². The van der Waals surface area contributed by atoms with Crippen LogP contribution in [0.2, 0.25) is 5.02 Å². The van der Waals surface area contributed by atoms with Gasteiger partial charge in [0.05, 0.1) is 0 Å². The van der Waals surface area contributed by atoms with E-state index in [-0.39, 0.29) is 6.61 Å². The lowest BCUT2D eigenvalue weighted by molar-refractivity contribution is 0.289. The zero-order valence-corrected chi connectivity index (χ0v) is 13.6. The zero-order valence-electron chi connectivity index (χ0n) is 12.8. The van der Waals surface area contributed by atoms with Crippen molar-refractivity contribution in [3.05, 3.63) is 28.8 Å². The maximum Gasteiger partial charge on any atom is 0.0447 e. The molecular weight excluding hydrogens is 272 g/mol. The van der Waals surface area contributed by atoms with E-state index in [0.717, 1.165) is 37.6 Å². The fourth-order valence-electron chi connectivity index (χ4n) is 2.21. The van der Waals surface area contributed by atoms with Crippen molar-refractivity contribution in [1.29, 1.82) is 0 Å². The molecule has 2 N–H and O–H groups in total. The average Bonchev–Trinajstić information content (AvgIpc) is 2.41. The van der Waals surface area contributed by atoms with Crippen LogP contribution in [0.3, 0.4) is 0 Å². The average molecular weight is 299 g/mol. The first kappa shape index (κ1) is 17.3. The van der Waals surface area contributed by atoms with E-state index in [1.165, 1.54) is 11.3 Å². The Labute approximate surface area is 127 Å². The molecule has 0 saturated carbocycles. The molecule has 4 heteroatoms. The molecule has 0 aliphatic heterocycles. The molecule has 1 rings (SSSR count). The van der Waals surface area contributed by atoms with Crippen molar-refractivity contribution in [2.45, 2.75) is 33.7 Å². The van der Waals surface area contributed by atoms with Gasteiger partial charge in [0.1, 0.15) is 0 Å². The Hall–Kier alpha value is -0.770. The largest absolute Gasteiger partial charge is 0.396 e. The summed E-state index contributed by atoms with van der Waals surface area (Å²) in [6.45, 7) is 10.4. The zero-order chi connectivity index (χ0) is 15.0. The Bertz CT molecular complexity index is 396. The summed E-state index contributed by atoms with van der Waals surface area (Å²) in [6, 6.07) is 6.05. The third-order valence-electron chi connectivity index (χ3n) is 3.22. The van der Waals surface area contributed by atoms with Gasteiger partial charge in [-0.2, -0.15) is 0 Å². The summed E-state index contributed by atoms with van der Waals surface area (Å²) >= 11 is 6.12. The molecule has 0 spiro atoms. The van der Waals surface area contributed by atoms with Gasteiger partial charge >= 0.3 is 0 Å². The molecule has 1 aromatic carbocycles. The Morgan fingerprint density at radius 2 is 2.10 bits per heavy atom. The summed E-state index contributed by atoms with van der Waals surface area (Å²) in [7, 11) is 0. The van der Waals surface area contributed by atoms with Gasteiger partial charge in [0.2, 0.25) is 0 Å². The van der Waals surface area contributed by atoms with Crippen LogP contribution >= 0.6 is 11.6 Å². The predicted octanol–water partition coefficient (Wildman–Crippen LogP) is 3.29. The maximum atomic E-state index is 9.01. The molecule has 20 heavy (non-hydrogen) atoms. The molecule has 0 unspecified atom stereocenters. The lowest BCUT2D eigenvalue weighted by atomic mass is 10.1. The van der Waals surface area contributed by atoms with E-state index in [1.54, 1.807) is 0 Å². The van der Waals surface area contributed by atoms with Crippen LogP contribution < -0.4 is 10.2 Å². The first-order valence-corrected chi connectivity index (χ1v) is 7.81. The van der Waals surface area contributed by atoms with Gasteiger partial charge in [-0.1, -0.05) is 25.4 Å². The highest BCUT2D eigenvalue weighted by atomic mass is 35.5. The molecule has 0 aromatic heterocycles. The normalized spacial score (nSPS) is 11.1. The minimum atomic E-state index is 0.227. The molecule has 0 saturated heterocycles. The molecule has 0 heterocycles. The van der Waals surface area contributed by atoms with Gasteiger partial charge in [0, 0.05) is 37.0 Å². The number of aliphatic hydroxyl groups excluding tert-OH is 1. The van der Waals surface area contributed by atoms with E-state index in [2.05, 4.69) is 37.1 Å². The molecule has 0 amide bonds. The molecule has 0 atom stereocenters. The van der Waals surface area contributed by atoms with Gasteiger partial charge in [0.15, 0.2) is 0 Å². The van der Waals surface area contributed by atoms with Crippen molar-refractivity contribution in [2.24, 2.45) is 5.92 Å². The minimum absolute atomic E-state index is 0.227. The molecule has 114 valence electrons. The molecule has 0 aliphatic carbocycles. The number of aliphatic hydroxyl groups is 1. The fourth-order valence-corrected chi connectivity index (χ4v) is 2.40. The highest BCUT2D eigenvalue weighted by Gasteiger charge is 2.10. The lowest BCUT2D eigenvalue weighted by Crippen LogP contribution is -2.27. The summed E-state index contributed by atoms with van der Waals surface area (Å²) in [5, 5.41) is 13.3. The highest BCUT2D eigenvalue weighted by Crippen LogP contribution is 2.24.